The number of nitrogens with zero attached hydrogens (tertiary/aromatic N) is 1. The summed E-state index contributed by atoms with van der Waals surface area (Å²) in [5.41, 5.74) is 1.01. The third kappa shape index (κ3) is 2.51. The first kappa shape index (κ1) is 10.9. The number of ether oxygens (including phenoxy) is 1. The molecule has 0 aliphatic heterocycles. The molecule has 0 amide bonds. The predicted octanol–water partition coefficient (Wildman–Crippen LogP) is 3.80. The quantitative estimate of drug-likeness (QED) is 0.773. The second-order valence-electron chi connectivity index (χ2n) is 4.08. The number of hydrogen-bond donors (Lipinski definition) is 0. The van der Waals surface area contributed by atoms with Crippen molar-refractivity contribution in [1.29, 1.82) is 0 Å². The average Bonchev–Trinajstić information content (AvgIpc) is 2.29. The van der Waals surface area contributed by atoms with Crippen molar-refractivity contribution in [2.24, 2.45) is 0 Å². The van der Waals surface area contributed by atoms with Crippen molar-refractivity contribution in [3.05, 3.63) is 36.5 Å². The monoisotopic (exact) mass is 215 g/mol. The number of para-hydroxylation sites is 1. The molecule has 1 aromatic carbocycles. The summed E-state index contributed by atoms with van der Waals surface area (Å²) in [6, 6.07) is 10.1. The van der Waals surface area contributed by atoms with Crippen LogP contribution in [-0.2, 0) is 0 Å². The van der Waals surface area contributed by atoms with Crippen molar-refractivity contribution >= 4 is 10.9 Å². The van der Waals surface area contributed by atoms with E-state index in [2.05, 4.69) is 31.0 Å². The molecule has 0 saturated heterocycles. The second-order valence-corrected chi connectivity index (χ2v) is 4.08. The minimum Gasteiger partial charge on any atom is -0.489 e. The Bertz CT molecular complexity index is 467. The van der Waals surface area contributed by atoms with Crippen LogP contribution in [0.25, 0.3) is 10.9 Å². The topological polar surface area (TPSA) is 22.1 Å². The summed E-state index contributed by atoms with van der Waals surface area (Å²) < 4.78 is 5.80. The van der Waals surface area contributed by atoms with E-state index < -0.39 is 0 Å². The van der Waals surface area contributed by atoms with Gasteiger partial charge in [-0.3, -0.25) is 4.98 Å². The molecule has 0 spiro atoms. The summed E-state index contributed by atoms with van der Waals surface area (Å²) in [5.74, 6) is 0.861. The van der Waals surface area contributed by atoms with Crippen LogP contribution in [0.5, 0.6) is 5.75 Å². The van der Waals surface area contributed by atoms with Gasteiger partial charge in [-0.15, -0.1) is 0 Å². The van der Waals surface area contributed by atoms with E-state index in [1.807, 2.05) is 18.2 Å². The van der Waals surface area contributed by atoms with Gasteiger partial charge in [-0.05, 0) is 25.5 Å². The van der Waals surface area contributed by atoms with Gasteiger partial charge in [-0.25, -0.2) is 0 Å². The van der Waals surface area contributed by atoms with Gasteiger partial charge in [-0.2, -0.15) is 0 Å². The Kier molecular flexibility index (Phi) is 3.40. The van der Waals surface area contributed by atoms with Crippen LogP contribution in [0, 0.1) is 0 Å². The smallest absolute Gasteiger partial charge is 0.138 e. The lowest BCUT2D eigenvalue weighted by Gasteiger charge is -2.13. The average molecular weight is 215 g/mol. The Morgan fingerprint density at radius 2 is 2.12 bits per heavy atom. The van der Waals surface area contributed by atoms with E-state index in [0.29, 0.717) is 0 Å². The summed E-state index contributed by atoms with van der Waals surface area (Å²) in [6.45, 7) is 4.26. The molecule has 2 heteroatoms. The molecule has 1 unspecified atom stereocenters. The fourth-order valence-electron chi connectivity index (χ4n) is 1.81. The molecule has 0 radical (unpaired) electrons. The van der Waals surface area contributed by atoms with Crippen molar-refractivity contribution in [2.45, 2.75) is 32.8 Å². The predicted molar refractivity (Wildman–Crippen MR) is 66.7 cm³/mol. The Balaban J connectivity index is 2.19. The number of fused-ring (bicyclic) bond motifs is 1. The van der Waals surface area contributed by atoms with Crippen molar-refractivity contribution in [2.75, 3.05) is 0 Å². The van der Waals surface area contributed by atoms with E-state index in [0.717, 1.165) is 29.5 Å². The zero-order valence-corrected chi connectivity index (χ0v) is 9.81. The van der Waals surface area contributed by atoms with E-state index >= 15 is 0 Å². The van der Waals surface area contributed by atoms with Crippen LogP contribution in [0.2, 0.25) is 0 Å². The third-order valence-electron chi connectivity index (χ3n) is 2.60. The Hall–Kier alpha value is -1.57. The van der Waals surface area contributed by atoms with Gasteiger partial charge in [0, 0.05) is 5.39 Å². The zero-order chi connectivity index (χ0) is 11.4. The minimum atomic E-state index is 0.257. The molecule has 84 valence electrons. The highest BCUT2D eigenvalue weighted by Gasteiger charge is 2.03. The molecule has 1 heterocycles. The molecular weight excluding hydrogens is 198 g/mol. The third-order valence-corrected chi connectivity index (χ3v) is 2.60. The maximum atomic E-state index is 5.80. The van der Waals surface area contributed by atoms with Crippen molar-refractivity contribution in [3.8, 4) is 5.75 Å². The highest BCUT2D eigenvalue weighted by molar-refractivity contribution is 5.79. The van der Waals surface area contributed by atoms with Gasteiger partial charge in [0.2, 0.25) is 0 Å². The molecule has 0 fully saturated rings. The molecule has 0 aliphatic rings. The minimum absolute atomic E-state index is 0.257. The number of hydrogen-bond acceptors (Lipinski definition) is 2. The van der Waals surface area contributed by atoms with Gasteiger partial charge in [0.05, 0.1) is 17.8 Å². The van der Waals surface area contributed by atoms with E-state index in [1.54, 1.807) is 6.20 Å². The first-order valence-corrected chi connectivity index (χ1v) is 5.81. The van der Waals surface area contributed by atoms with Gasteiger partial charge in [-0.1, -0.05) is 31.5 Å². The molecule has 2 rings (SSSR count). The van der Waals surface area contributed by atoms with Crippen LogP contribution in [-0.4, -0.2) is 11.1 Å². The van der Waals surface area contributed by atoms with E-state index in [1.165, 1.54) is 0 Å². The van der Waals surface area contributed by atoms with Crippen LogP contribution in [0.1, 0.15) is 26.7 Å². The normalized spacial score (nSPS) is 12.6. The van der Waals surface area contributed by atoms with Crippen LogP contribution < -0.4 is 4.74 Å². The molecule has 2 aromatic rings. The highest BCUT2D eigenvalue weighted by Crippen LogP contribution is 2.19. The highest BCUT2D eigenvalue weighted by atomic mass is 16.5. The maximum absolute atomic E-state index is 5.80. The van der Waals surface area contributed by atoms with Crippen molar-refractivity contribution in [3.63, 3.8) is 0 Å². The van der Waals surface area contributed by atoms with Gasteiger partial charge in [0.15, 0.2) is 0 Å². The molecule has 1 aromatic heterocycles. The molecule has 0 saturated carbocycles. The number of pyridine rings is 1. The lowest BCUT2D eigenvalue weighted by atomic mass is 10.2. The summed E-state index contributed by atoms with van der Waals surface area (Å²) in [7, 11) is 0. The largest absolute Gasteiger partial charge is 0.489 e. The number of benzene rings is 1. The van der Waals surface area contributed by atoms with Crippen molar-refractivity contribution in [1.82, 2.24) is 4.98 Å². The Labute approximate surface area is 96.3 Å². The molecule has 2 nitrogen and oxygen atoms in total. The standard InChI is InChI=1S/C14H17NO/c1-3-6-11(2)16-13-9-12-7-4-5-8-14(12)15-10-13/h4-5,7-11H,3,6H2,1-2H3. The van der Waals surface area contributed by atoms with E-state index in [-0.39, 0.29) is 6.10 Å². The van der Waals surface area contributed by atoms with E-state index in [4.69, 9.17) is 4.74 Å². The number of aromatic nitrogens is 1. The van der Waals surface area contributed by atoms with Gasteiger partial charge < -0.3 is 4.74 Å². The summed E-state index contributed by atoms with van der Waals surface area (Å²) in [6.07, 6.45) is 4.27. The lowest BCUT2D eigenvalue weighted by molar-refractivity contribution is 0.209. The number of rotatable bonds is 4. The summed E-state index contributed by atoms with van der Waals surface area (Å²) >= 11 is 0. The van der Waals surface area contributed by atoms with Gasteiger partial charge >= 0.3 is 0 Å². The van der Waals surface area contributed by atoms with Crippen LogP contribution in [0.3, 0.4) is 0 Å². The summed E-state index contributed by atoms with van der Waals surface area (Å²) in [5, 5.41) is 1.13. The van der Waals surface area contributed by atoms with Crippen molar-refractivity contribution < 1.29 is 4.74 Å². The lowest BCUT2D eigenvalue weighted by Crippen LogP contribution is -2.10. The first-order chi connectivity index (χ1) is 7.79. The van der Waals surface area contributed by atoms with Crippen LogP contribution >= 0.6 is 0 Å². The fraction of sp³-hybridized carbons (Fsp3) is 0.357. The van der Waals surface area contributed by atoms with Crippen LogP contribution in [0.4, 0.5) is 0 Å². The Morgan fingerprint density at radius 1 is 1.31 bits per heavy atom. The van der Waals surface area contributed by atoms with Crippen LogP contribution in [0.15, 0.2) is 36.5 Å². The molecular formula is C14H17NO. The maximum Gasteiger partial charge on any atom is 0.138 e. The molecule has 0 bridgehead atoms. The second kappa shape index (κ2) is 4.97. The molecule has 16 heavy (non-hydrogen) atoms. The molecule has 1 atom stereocenters. The molecule has 0 N–H and O–H groups in total. The fourth-order valence-corrected chi connectivity index (χ4v) is 1.81. The summed E-state index contributed by atoms with van der Waals surface area (Å²) in [4.78, 5) is 4.37. The zero-order valence-electron chi connectivity index (χ0n) is 9.81. The van der Waals surface area contributed by atoms with Gasteiger partial charge in [0.1, 0.15) is 5.75 Å². The Morgan fingerprint density at radius 3 is 2.94 bits per heavy atom. The van der Waals surface area contributed by atoms with Gasteiger partial charge in [0.25, 0.3) is 0 Å². The first-order valence-electron chi connectivity index (χ1n) is 5.81. The van der Waals surface area contributed by atoms with E-state index in [9.17, 15) is 0 Å². The SMILES string of the molecule is CCCC(C)Oc1cnc2ccccc2c1. The molecule has 0 aliphatic carbocycles.